The van der Waals surface area contributed by atoms with Gasteiger partial charge in [-0.1, -0.05) is 17.7 Å². The first-order chi connectivity index (χ1) is 8.96. The summed E-state index contributed by atoms with van der Waals surface area (Å²) in [6.07, 6.45) is 0.0298. The van der Waals surface area contributed by atoms with E-state index in [0.29, 0.717) is 5.02 Å². The molecule has 0 unspecified atom stereocenters. The van der Waals surface area contributed by atoms with E-state index in [1.807, 2.05) is 13.0 Å². The van der Waals surface area contributed by atoms with Crippen molar-refractivity contribution >= 4 is 23.5 Å². The number of carbonyl (C=O) groups excluding carboxylic acids is 2. The monoisotopic (exact) mass is 284 g/mol. The number of halogens is 1. The molecule has 0 heterocycles. The van der Waals surface area contributed by atoms with Gasteiger partial charge >= 0.3 is 5.97 Å². The number of nitrogens with one attached hydrogen (secondary N) is 1. The van der Waals surface area contributed by atoms with Gasteiger partial charge in [-0.2, -0.15) is 0 Å². The van der Waals surface area contributed by atoms with Crippen LogP contribution in [0.2, 0.25) is 5.02 Å². The van der Waals surface area contributed by atoms with E-state index in [9.17, 15) is 9.59 Å². The Morgan fingerprint density at radius 1 is 1.42 bits per heavy atom. The van der Waals surface area contributed by atoms with Gasteiger partial charge < -0.3 is 15.8 Å². The Labute approximate surface area is 117 Å². The summed E-state index contributed by atoms with van der Waals surface area (Å²) in [6, 6.07) is 4.86. The fourth-order valence-corrected chi connectivity index (χ4v) is 2.02. The second-order valence-corrected chi connectivity index (χ2v) is 4.60. The SMILES string of the molecule is COC(=O)C[C@H](NC(=O)CN)c1cc(C)cc(Cl)c1. The minimum atomic E-state index is -0.499. The van der Waals surface area contributed by atoms with E-state index < -0.39 is 12.0 Å². The van der Waals surface area contributed by atoms with E-state index in [1.165, 1.54) is 7.11 Å². The molecule has 1 rings (SSSR count). The van der Waals surface area contributed by atoms with Crippen molar-refractivity contribution in [2.75, 3.05) is 13.7 Å². The number of ether oxygens (including phenoxy) is 1. The van der Waals surface area contributed by atoms with Crippen molar-refractivity contribution in [1.29, 1.82) is 0 Å². The summed E-state index contributed by atoms with van der Waals surface area (Å²) >= 11 is 5.98. The third-order valence-electron chi connectivity index (χ3n) is 2.59. The topological polar surface area (TPSA) is 81.4 Å². The van der Waals surface area contributed by atoms with Gasteiger partial charge in [-0.05, 0) is 30.2 Å². The first-order valence-corrected chi connectivity index (χ1v) is 6.17. The highest BCUT2D eigenvalue weighted by Crippen LogP contribution is 2.23. The van der Waals surface area contributed by atoms with Gasteiger partial charge in [0.1, 0.15) is 0 Å². The van der Waals surface area contributed by atoms with Crippen molar-refractivity contribution in [3.63, 3.8) is 0 Å². The fraction of sp³-hybridized carbons (Fsp3) is 0.385. The molecule has 6 heteroatoms. The molecule has 0 aromatic heterocycles. The maximum absolute atomic E-state index is 11.4. The van der Waals surface area contributed by atoms with E-state index in [1.54, 1.807) is 12.1 Å². The highest BCUT2D eigenvalue weighted by Gasteiger charge is 2.19. The maximum Gasteiger partial charge on any atom is 0.307 e. The average molecular weight is 285 g/mol. The van der Waals surface area contributed by atoms with E-state index in [4.69, 9.17) is 17.3 Å². The van der Waals surface area contributed by atoms with Gasteiger partial charge in [0.2, 0.25) is 5.91 Å². The predicted octanol–water partition coefficient (Wildman–Crippen LogP) is 1.33. The van der Waals surface area contributed by atoms with Gasteiger partial charge in [-0.3, -0.25) is 9.59 Å². The molecule has 0 spiro atoms. The molecule has 5 nitrogen and oxygen atoms in total. The molecule has 0 fully saturated rings. The molecule has 104 valence electrons. The van der Waals surface area contributed by atoms with E-state index >= 15 is 0 Å². The summed E-state index contributed by atoms with van der Waals surface area (Å²) < 4.78 is 4.62. The molecule has 3 N–H and O–H groups in total. The molecule has 0 saturated carbocycles. The number of nitrogens with two attached hydrogens (primary N) is 1. The lowest BCUT2D eigenvalue weighted by atomic mass is 10.0. The summed E-state index contributed by atoms with van der Waals surface area (Å²) in [6.45, 7) is 1.74. The number of esters is 1. The van der Waals surface area contributed by atoms with Crippen LogP contribution >= 0.6 is 11.6 Å². The smallest absolute Gasteiger partial charge is 0.307 e. The zero-order valence-corrected chi connectivity index (χ0v) is 11.7. The molecule has 1 amide bonds. The van der Waals surface area contributed by atoms with Crippen LogP contribution in [0.15, 0.2) is 18.2 Å². The normalized spacial score (nSPS) is 11.8. The zero-order valence-electron chi connectivity index (χ0n) is 10.9. The number of amides is 1. The third-order valence-corrected chi connectivity index (χ3v) is 2.80. The van der Waals surface area contributed by atoms with Crippen LogP contribution < -0.4 is 11.1 Å². The van der Waals surface area contributed by atoms with Crippen molar-refractivity contribution < 1.29 is 14.3 Å². The lowest BCUT2D eigenvalue weighted by molar-refractivity contribution is -0.141. The molecular formula is C13H17ClN2O3. The lowest BCUT2D eigenvalue weighted by Gasteiger charge is -2.18. The van der Waals surface area contributed by atoms with E-state index in [2.05, 4.69) is 10.1 Å². The van der Waals surface area contributed by atoms with Gasteiger partial charge in [-0.25, -0.2) is 0 Å². The first kappa shape index (κ1) is 15.5. The number of carbonyl (C=O) groups is 2. The quantitative estimate of drug-likeness (QED) is 0.799. The standard InChI is InChI=1S/C13H17ClN2O3/c1-8-3-9(5-10(14)4-8)11(6-13(18)19-2)16-12(17)7-15/h3-5,11H,6-7,15H2,1-2H3,(H,16,17)/t11-/m0/s1. The number of methoxy groups -OCH3 is 1. The highest BCUT2D eigenvalue weighted by atomic mass is 35.5. The second kappa shape index (κ2) is 7.11. The Kier molecular flexibility index (Phi) is 5.79. The molecule has 1 aromatic carbocycles. The number of rotatable bonds is 5. The van der Waals surface area contributed by atoms with Crippen molar-refractivity contribution in [2.24, 2.45) is 5.73 Å². The molecule has 0 bridgehead atoms. The van der Waals surface area contributed by atoms with Crippen LogP contribution in [-0.4, -0.2) is 25.5 Å². The first-order valence-electron chi connectivity index (χ1n) is 5.79. The molecule has 1 aromatic rings. The van der Waals surface area contributed by atoms with E-state index in [0.717, 1.165) is 11.1 Å². The molecule has 0 aliphatic carbocycles. The second-order valence-electron chi connectivity index (χ2n) is 4.17. The Balaban J connectivity index is 2.99. The molecule has 0 saturated heterocycles. The van der Waals surface area contributed by atoms with Crippen molar-refractivity contribution in [2.45, 2.75) is 19.4 Å². The molecule has 0 aliphatic heterocycles. The fourth-order valence-electron chi connectivity index (χ4n) is 1.72. The summed E-state index contributed by atoms with van der Waals surface area (Å²) in [5.41, 5.74) is 6.96. The summed E-state index contributed by atoms with van der Waals surface area (Å²) in [7, 11) is 1.30. The van der Waals surface area contributed by atoms with Crippen molar-refractivity contribution in [3.8, 4) is 0 Å². The minimum absolute atomic E-state index is 0.0298. The summed E-state index contributed by atoms with van der Waals surface area (Å²) in [4.78, 5) is 22.8. The number of hydrogen-bond acceptors (Lipinski definition) is 4. The number of aryl methyl sites for hydroxylation is 1. The van der Waals surface area contributed by atoms with Crippen molar-refractivity contribution in [3.05, 3.63) is 34.3 Å². The third kappa shape index (κ3) is 4.89. The van der Waals surface area contributed by atoms with Crippen LogP contribution in [-0.2, 0) is 14.3 Å². The van der Waals surface area contributed by atoms with E-state index in [-0.39, 0.29) is 18.9 Å². The Bertz CT molecular complexity index is 439. The van der Waals surface area contributed by atoms with Gasteiger partial charge in [0.25, 0.3) is 0 Å². The molecular weight excluding hydrogens is 268 g/mol. The zero-order chi connectivity index (χ0) is 14.4. The molecule has 0 aliphatic rings. The van der Waals surface area contributed by atoms with Crippen LogP contribution in [0.1, 0.15) is 23.6 Å². The van der Waals surface area contributed by atoms with Gasteiger partial charge in [-0.15, -0.1) is 0 Å². The molecule has 0 radical (unpaired) electrons. The highest BCUT2D eigenvalue weighted by molar-refractivity contribution is 6.30. The number of hydrogen-bond donors (Lipinski definition) is 2. The summed E-state index contributed by atoms with van der Waals surface area (Å²) in [5.74, 6) is -0.758. The van der Waals surface area contributed by atoms with Gasteiger partial charge in [0.15, 0.2) is 0 Å². The molecule has 1 atom stereocenters. The Morgan fingerprint density at radius 3 is 2.63 bits per heavy atom. The Hall–Kier alpha value is -1.59. The van der Waals surface area contributed by atoms with Crippen LogP contribution in [0.3, 0.4) is 0 Å². The average Bonchev–Trinajstić information content (AvgIpc) is 2.36. The van der Waals surface area contributed by atoms with Crippen LogP contribution in [0, 0.1) is 6.92 Å². The largest absolute Gasteiger partial charge is 0.469 e. The Morgan fingerprint density at radius 2 is 2.11 bits per heavy atom. The summed E-state index contributed by atoms with van der Waals surface area (Å²) in [5, 5.41) is 3.23. The van der Waals surface area contributed by atoms with Crippen LogP contribution in [0.4, 0.5) is 0 Å². The maximum atomic E-state index is 11.4. The van der Waals surface area contributed by atoms with Crippen molar-refractivity contribution in [1.82, 2.24) is 5.32 Å². The molecule has 19 heavy (non-hydrogen) atoms. The van der Waals surface area contributed by atoms with Crippen LogP contribution in [0.25, 0.3) is 0 Å². The van der Waals surface area contributed by atoms with Gasteiger partial charge in [0.05, 0.1) is 26.1 Å². The minimum Gasteiger partial charge on any atom is -0.469 e. The lowest BCUT2D eigenvalue weighted by Crippen LogP contribution is -2.35. The van der Waals surface area contributed by atoms with Gasteiger partial charge in [0, 0.05) is 5.02 Å². The predicted molar refractivity (Wildman–Crippen MR) is 72.8 cm³/mol. The van der Waals surface area contributed by atoms with Crippen LogP contribution in [0.5, 0.6) is 0 Å². The number of benzene rings is 1.